The number of carbonyl (C=O) groups excluding carboxylic acids is 1. The van der Waals surface area contributed by atoms with E-state index in [4.69, 9.17) is 19.3 Å². The Morgan fingerprint density at radius 2 is 1.48 bits per heavy atom. The minimum absolute atomic E-state index is 0.00668. The minimum Gasteiger partial charge on any atom is -0.481 e. The number of hydrogen-bond acceptors (Lipinski definition) is 6. The van der Waals surface area contributed by atoms with Crippen LogP contribution in [0, 0.1) is 11.8 Å². The summed E-state index contributed by atoms with van der Waals surface area (Å²) in [5.74, 6) is -1.98. The standard InChI is InChI=1S/C22H38O7/c1-5-15(23)11-17-7-10-20(27-17)14(4)22(26)29-16(6-2)12-18-8-9-19(28-18)13(3)21(24)25/h13-20,23H,5-12H2,1-4H3,(H,24,25)/t13-,14+,15+,16-,17+,18+,19+,20-/m1/s1. The van der Waals surface area contributed by atoms with Crippen LogP contribution in [0.3, 0.4) is 0 Å². The maximum atomic E-state index is 12.6. The molecule has 2 aliphatic heterocycles. The van der Waals surface area contributed by atoms with E-state index in [0.717, 1.165) is 25.7 Å². The van der Waals surface area contributed by atoms with Crippen molar-refractivity contribution < 1.29 is 34.0 Å². The van der Waals surface area contributed by atoms with Gasteiger partial charge in [-0.1, -0.05) is 13.8 Å². The average molecular weight is 415 g/mol. The Bertz CT molecular complexity index is 537. The van der Waals surface area contributed by atoms with Crippen molar-refractivity contribution >= 4 is 11.9 Å². The highest BCUT2D eigenvalue weighted by atomic mass is 16.6. The van der Waals surface area contributed by atoms with Crippen LogP contribution in [0.2, 0.25) is 0 Å². The van der Waals surface area contributed by atoms with E-state index < -0.39 is 11.9 Å². The molecule has 2 rings (SSSR count). The van der Waals surface area contributed by atoms with Crippen LogP contribution in [-0.4, -0.2) is 58.8 Å². The van der Waals surface area contributed by atoms with Crippen molar-refractivity contribution in [3.63, 3.8) is 0 Å². The van der Waals surface area contributed by atoms with Gasteiger partial charge in [0.2, 0.25) is 0 Å². The molecular formula is C22H38O7. The molecule has 7 heteroatoms. The van der Waals surface area contributed by atoms with Gasteiger partial charge in [0, 0.05) is 6.42 Å². The molecule has 0 aromatic carbocycles. The highest BCUT2D eigenvalue weighted by Gasteiger charge is 2.37. The van der Waals surface area contributed by atoms with Gasteiger partial charge in [0.1, 0.15) is 6.10 Å². The number of aliphatic carboxylic acids is 1. The van der Waals surface area contributed by atoms with Crippen molar-refractivity contribution in [2.24, 2.45) is 11.8 Å². The number of carbonyl (C=O) groups is 2. The van der Waals surface area contributed by atoms with E-state index >= 15 is 0 Å². The molecule has 2 fully saturated rings. The summed E-state index contributed by atoms with van der Waals surface area (Å²) < 4.78 is 17.6. The zero-order valence-corrected chi connectivity index (χ0v) is 18.2. The van der Waals surface area contributed by atoms with Crippen molar-refractivity contribution in [2.45, 2.75) is 116 Å². The topological polar surface area (TPSA) is 102 Å². The lowest BCUT2D eigenvalue weighted by molar-refractivity contribution is -0.160. The van der Waals surface area contributed by atoms with E-state index in [1.807, 2.05) is 20.8 Å². The number of hydrogen-bond donors (Lipinski definition) is 2. The number of esters is 1. The number of rotatable bonds is 11. The third-order valence-corrected chi connectivity index (χ3v) is 6.43. The summed E-state index contributed by atoms with van der Waals surface area (Å²) in [6.45, 7) is 7.43. The van der Waals surface area contributed by atoms with Crippen LogP contribution in [0.1, 0.15) is 79.1 Å². The second-order valence-corrected chi connectivity index (χ2v) is 8.66. The normalized spacial score (nSPS) is 31.2. The van der Waals surface area contributed by atoms with E-state index in [1.54, 1.807) is 6.92 Å². The van der Waals surface area contributed by atoms with Gasteiger partial charge in [0.15, 0.2) is 0 Å². The molecule has 0 spiro atoms. The van der Waals surface area contributed by atoms with Crippen molar-refractivity contribution in [1.82, 2.24) is 0 Å². The molecular weight excluding hydrogens is 376 g/mol. The van der Waals surface area contributed by atoms with Gasteiger partial charge in [-0.3, -0.25) is 9.59 Å². The zero-order valence-electron chi connectivity index (χ0n) is 18.2. The van der Waals surface area contributed by atoms with Gasteiger partial charge in [-0.2, -0.15) is 0 Å². The van der Waals surface area contributed by atoms with Gasteiger partial charge < -0.3 is 24.4 Å². The van der Waals surface area contributed by atoms with Crippen molar-refractivity contribution in [2.75, 3.05) is 0 Å². The molecule has 8 atom stereocenters. The summed E-state index contributed by atoms with van der Waals surface area (Å²) in [7, 11) is 0. The third kappa shape index (κ3) is 6.93. The fraction of sp³-hybridized carbons (Fsp3) is 0.909. The predicted molar refractivity (Wildman–Crippen MR) is 107 cm³/mol. The van der Waals surface area contributed by atoms with Crippen molar-refractivity contribution in [3.05, 3.63) is 0 Å². The Morgan fingerprint density at radius 3 is 2.00 bits per heavy atom. The van der Waals surface area contributed by atoms with Crippen molar-refractivity contribution in [1.29, 1.82) is 0 Å². The first-order valence-electron chi connectivity index (χ1n) is 11.2. The van der Waals surface area contributed by atoms with Crippen LogP contribution < -0.4 is 0 Å². The molecule has 2 N–H and O–H groups in total. The summed E-state index contributed by atoms with van der Waals surface area (Å²) in [6, 6.07) is 0. The molecule has 0 unspecified atom stereocenters. The zero-order chi connectivity index (χ0) is 21.6. The molecule has 2 saturated heterocycles. The quantitative estimate of drug-likeness (QED) is 0.500. The van der Waals surface area contributed by atoms with Crippen LogP contribution in [0.4, 0.5) is 0 Å². The van der Waals surface area contributed by atoms with E-state index in [2.05, 4.69) is 0 Å². The van der Waals surface area contributed by atoms with E-state index in [1.165, 1.54) is 0 Å². The minimum atomic E-state index is -0.843. The van der Waals surface area contributed by atoms with E-state index in [-0.39, 0.29) is 48.5 Å². The molecule has 0 saturated carbocycles. The van der Waals surface area contributed by atoms with Gasteiger partial charge in [-0.05, 0) is 58.8 Å². The second kappa shape index (κ2) is 11.3. The Kier molecular flexibility index (Phi) is 9.37. The fourth-order valence-electron chi connectivity index (χ4n) is 4.19. The molecule has 0 aliphatic carbocycles. The average Bonchev–Trinajstić information content (AvgIpc) is 3.35. The first-order chi connectivity index (χ1) is 13.7. The lowest BCUT2D eigenvalue weighted by Gasteiger charge is -2.25. The first-order valence-corrected chi connectivity index (χ1v) is 11.2. The van der Waals surface area contributed by atoms with Gasteiger partial charge in [-0.15, -0.1) is 0 Å². The molecule has 2 heterocycles. The molecule has 0 aromatic rings. The lowest BCUT2D eigenvalue weighted by Crippen LogP contribution is -2.33. The Labute approximate surface area is 174 Å². The Morgan fingerprint density at radius 1 is 0.931 bits per heavy atom. The number of aliphatic hydroxyl groups excluding tert-OH is 1. The third-order valence-electron chi connectivity index (χ3n) is 6.43. The highest BCUT2D eigenvalue weighted by molar-refractivity contribution is 5.73. The van der Waals surface area contributed by atoms with Crippen LogP contribution in [0.15, 0.2) is 0 Å². The van der Waals surface area contributed by atoms with Gasteiger partial charge >= 0.3 is 11.9 Å². The number of ether oxygens (including phenoxy) is 3. The molecule has 0 radical (unpaired) electrons. The smallest absolute Gasteiger partial charge is 0.311 e. The van der Waals surface area contributed by atoms with Gasteiger partial charge in [-0.25, -0.2) is 0 Å². The molecule has 0 amide bonds. The maximum Gasteiger partial charge on any atom is 0.311 e. The second-order valence-electron chi connectivity index (χ2n) is 8.66. The monoisotopic (exact) mass is 414 g/mol. The van der Waals surface area contributed by atoms with Crippen LogP contribution in [0.25, 0.3) is 0 Å². The van der Waals surface area contributed by atoms with Crippen LogP contribution in [0.5, 0.6) is 0 Å². The van der Waals surface area contributed by atoms with E-state index in [0.29, 0.717) is 25.7 Å². The Hall–Kier alpha value is -1.18. The highest BCUT2D eigenvalue weighted by Crippen LogP contribution is 2.31. The van der Waals surface area contributed by atoms with Gasteiger partial charge in [0.25, 0.3) is 0 Å². The largest absolute Gasteiger partial charge is 0.481 e. The van der Waals surface area contributed by atoms with E-state index in [9.17, 15) is 14.7 Å². The summed E-state index contributed by atoms with van der Waals surface area (Å²) in [5, 5.41) is 19.0. The summed E-state index contributed by atoms with van der Waals surface area (Å²) in [4.78, 5) is 23.8. The molecule has 2 aliphatic rings. The predicted octanol–water partition coefficient (Wildman–Crippen LogP) is 3.31. The van der Waals surface area contributed by atoms with Crippen LogP contribution >= 0.6 is 0 Å². The Balaban J connectivity index is 1.78. The number of carboxylic acid groups (broad SMARTS) is 1. The van der Waals surface area contributed by atoms with Crippen LogP contribution in [-0.2, 0) is 23.8 Å². The summed E-state index contributed by atoms with van der Waals surface area (Å²) >= 11 is 0. The van der Waals surface area contributed by atoms with Crippen molar-refractivity contribution in [3.8, 4) is 0 Å². The molecule has 0 bridgehead atoms. The first kappa shape index (κ1) is 24.1. The molecule has 168 valence electrons. The molecule has 7 nitrogen and oxygen atoms in total. The summed E-state index contributed by atoms with van der Waals surface area (Å²) in [5.41, 5.74) is 0. The number of aliphatic hydroxyl groups is 1. The summed E-state index contributed by atoms with van der Waals surface area (Å²) in [6.07, 6.45) is 4.66. The maximum absolute atomic E-state index is 12.6. The molecule has 0 aromatic heterocycles. The number of carboxylic acids is 1. The molecule has 29 heavy (non-hydrogen) atoms. The van der Waals surface area contributed by atoms with Gasteiger partial charge in [0.05, 0.1) is 42.4 Å². The fourth-order valence-corrected chi connectivity index (χ4v) is 4.19. The lowest BCUT2D eigenvalue weighted by atomic mass is 10.00. The SMILES string of the molecule is CC[C@H](O)C[C@@H]1CC[C@H]([C@H](C)C(=O)O[C@H](CC)C[C@@H]2CC[C@@H]([C@@H](C)C(=O)O)O2)O1.